The second-order valence-electron chi connectivity index (χ2n) is 2.84. The highest BCUT2D eigenvalue weighted by molar-refractivity contribution is 5.76. The van der Waals surface area contributed by atoms with Crippen LogP contribution in [0.15, 0.2) is 12.2 Å². The Morgan fingerprint density at radius 3 is 2.91 bits per heavy atom. The molecule has 0 aromatic carbocycles. The standard InChI is InChI=1S/C9H14O2/c1-3-5-7-6-8(4-2)11-9(7)10/h3,5,7-8H,4,6H2,1-2H3. The molecule has 1 saturated heterocycles. The van der Waals surface area contributed by atoms with E-state index in [0.29, 0.717) is 0 Å². The quantitative estimate of drug-likeness (QED) is 0.448. The Morgan fingerprint density at radius 2 is 2.45 bits per heavy atom. The molecule has 0 amide bonds. The van der Waals surface area contributed by atoms with E-state index in [0.717, 1.165) is 12.8 Å². The number of allylic oxidation sites excluding steroid dienone is 1. The third-order valence-electron chi connectivity index (χ3n) is 1.98. The van der Waals surface area contributed by atoms with E-state index in [9.17, 15) is 4.79 Å². The lowest BCUT2D eigenvalue weighted by molar-refractivity contribution is -0.143. The van der Waals surface area contributed by atoms with Crippen molar-refractivity contribution >= 4 is 5.97 Å². The van der Waals surface area contributed by atoms with Crippen LogP contribution in [0.1, 0.15) is 26.7 Å². The molecule has 0 bridgehead atoms. The summed E-state index contributed by atoms with van der Waals surface area (Å²) in [6.07, 6.45) is 5.77. The van der Waals surface area contributed by atoms with Gasteiger partial charge in [0, 0.05) is 6.42 Å². The smallest absolute Gasteiger partial charge is 0.313 e. The van der Waals surface area contributed by atoms with E-state index in [-0.39, 0.29) is 18.0 Å². The highest BCUT2D eigenvalue weighted by Gasteiger charge is 2.30. The molecule has 2 heteroatoms. The number of hydrogen-bond donors (Lipinski definition) is 0. The van der Waals surface area contributed by atoms with Crippen molar-refractivity contribution in [3.05, 3.63) is 12.2 Å². The Labute approximate surface area is 67.2 Å². The van der Waals surface area contributed by atoms with E-state index in [2.05, 4.69) is 0 Å². The molecule has 2 nitrogen and oxygen atoms in total. The molecule has 0 aromatic heterocycles. The lowest BCUT2D eigenvalue weighted by Crippen LogP contribution is -2.04. The third kappa shape index (κ3) is 1.82. The van der Waals surface area contributed by atoms with Crippen molar-refractivity contribution in [1.29, 1.82) is 0 Å². The second kappa shape index (κ2) is 3.56. The van der Waals surface area contributed by atoms with Gasteiger partial charge in [0.05, 0.1) is 5.92 Å². The zero-order valence-corrected chi connectivity index (χ0v) is 7.04. The summed E-state index contributed by atoms with van der Waals surface area (Å²) < 4.78 is 5.09. The van der Waals surface area contributed by atoms with E-state index in [4.69, 9.17) is 4.74 Å². The molecule has 0 saturated carbocycles. The summed E-state index contributed by atoms with van der Waals surface area (Å²) in [5.41, 5.74) is 0. The highest BCUT2D eigenvalue weighted by Crippen LogP contribution is 2.23. The summed E-state index contributed by atoms with van der Waals surface area (Å²) >= 11 is 0. The normalized spacial score (nSPS) is 31.3. The van der Waals surface area contributed by atoms with E-state index in [1.807, 2.05) is 26.0 Å². The van der Waals surface area contributed by atoms with Crippen LogP contribution < -0.4 is 0 Å². The number of carbonyl (C=O) groups is 1. The molecule has 11 heavy (non-hydrogen) atoms. The van der Waals surface area contributed by atoms with Crippen molar-refractivity contribution in [1.82, 2.24) is 0 Å². The molecule has 1 aliphatic heterocycles. The lowest BCUT2D eigenvalue weighted by Gasteiger charge is -2.01. The van der Waals surface area contributed by atoms with Gasteiger partial charge in [-0.15, -0.1) is 0 Å². The van der Waals surface area contributed by atoms with Gasteiger partial charge in [-0.3, -0.25) is 4.79 Å². The number of rotatable bonds is 2. The van der Waals surface area contributed by atoms with Gasteiger partial charge in [-0.1, -0.05) is 19.1 Å². The zero-order valence-electron chi connectivity index (χ0n) is 7.04. The van der Waals surface area contributed by atoms with Crippen LogP contribution in [-0.4, -0.2) is 12.1 Å². The molecule has 2 unspecified atom stereocenters. The Balaban J connectivity index is 2.51. The van der Waals surface area contributed by atoms with Crippen LogP contribution in [0.25, 0.3) is 0 Å². The van der Waals surface area contributed by atoms with Crippen LogP contribution >= 0.6 is 0 Å². The fourth-order valence-electron chi connectivity index (χ4n) is 1.32. The molecule has 0 radical (unpaired) electrons. The van der Waals surface area contributed by atoms with Gasteiger partial charge in [-0.2, -0.15) is 0 Å². The maximum Gasteiger partial charge on any atom is 0.313 e. The highest BCUT2D eigenvalue weighted by atomic mass is 16.5. The molecule has 0 aromatic rings. The van der Waals surface area contributed by atoms with Crippen LogP contribution in [0.2, 0.25) is 0 Å². The summed E-state index contributed by atoms with van der Waals surface area (Å²) in [6, 6.07) is 0. The fraction of sp³-hybridized carbons (Fsp3) is 0.667. The molecule has 1 rings (SSSR count). The SMILES string of the molecule is CC=CC1CC(CC)OC1=O. The number of ether oxygens (including phenoxy) is 1. The molecule has 0 spiro atoms. The predicted molar refractivity (Wildman–Crippen MR) is 43.1 cm³/mol. The lowest BCUT2D eigenvalue weighted by atomic mass is 10.0. The minimum Gasteiger partial charge on any atom is -0.462 e. The minimum atomic E-state index is -0.0602. The number of cyclic esters (lactones) is 1. The molecule has 2 atom stereocenters. The zero-order chi connectivity index (χ0) is 8.27. The molecule has 1 aliphatic rings. The second-order valence-corrected chi connectivity index (χ2v) is 2.84. The van der Waals surface area contributed by atoms with Gasteiger partial charge < -0.3 is 4.74 Å². The van der Waals surface area contributed by atoms with Crippen molar-refractivity contribution in [2.24, 2.45) is 5.92 Å². The van der Waals surface area contributed by atoms with Crippen molar-refractivity contribution in [3.63, 3.8) is 0 Å². The van der Waals surface area contributed by atoms with Crippen LogP contribution in [0.5, 0.6) is 0 Å². The molecule has 1 fully saturated rings. The van der Waals surface area contributed by atoms with Crippen molar-refractivity contribution < 1.29 is 9.53 Å². The van der Waals surface area contributed by atoms with Crippen LogP contribution in [0, 0.1) is 5.92 Å². The first-order chi connectivity index (χ1) is 5.27. The summed E-state index contributed by atoms with van der Waals surface area (Å²) in [6.45, 7) is 3.96. The van der Waals surface area contributed by atoms with Gasteiger partial charge in [-0.25, -0.2) is 0 Å². The topological polar surface area (TPSA) is 26.3 Å². The molecule has 0 N–H and O–H groups in total. The summed E-state index contributed by atoms with van der Waals surface area (Å²) in [5.74, 6) is -0.0418. The third-order valence-corrected chi connectivity index (χ3v) is 1.98. The molecule has 1 heterocycles. The van der Waals surface area contributed by atoms with Gasteiger partial charge >= 0.3 is 5.97 Å². The largest absolute Gasteiger partial charge is 0.462 e. The van der Waals surface area contributed by atoms with E-state index < -0.39 is 0 Å². The van der Waals surface area contributed by atoms with Gasteiger partial charge in [0.2, 0.25) is 0 Å². The maximum atomic E-state index is 11.1. The Hall–Kier alpha value is -0.790. The van der Waals surface area contributed by atoms with Crippen molar-refractivity contribution in [3.8, 4) is 0 Å². The summed E-state index contributed by atoms with van der Waals surface area (Å²) in [5, 5.41) is 0. The maximum absolute atomic E-state index is 11.1. The molecular formula is C9H14O2. The fourth-order valence-corrected chi connectivity index (χ4v) is 1.32. The van der Waals surface area contributed by atoms with Gasteiger partial charge in [0.15, 0.2) is 0 Å². The first kappa shape index (κ1) is 8.31. The van der Waals surface area contributed by atoms with Crippen molar-refractivity contribution in [2.45, 2.75) is 32.8 Å². The molecule has 0 aliphatic carbocycles. The number of carbonyl (C=O) groups excluding carboxylic acids is 1. The Kier molecular flexibility index (Phi) is 2.69. The van der Waals surface area contributed by atoms with Gasteiger partial charge in [0.1, 0.15) is 6.10 Å². The minimum absolute atomic E-state index is 0.0185. The first-order valence-electron chi connectivity index (χ1n) is 4.11. The van der Waals surface area contributed by atoms with Gasteiger partial charge in [-0.05, 0) is 13.3 Å². The number of hydrogen-bond acceptors (Lipinski definition) is 2. The Bertz CT molecular complexity index is 172. The average molecular weight is 154 g/mol. The Morgan fingerprint density at radius 1 is 1.73 bits per heavy atom. The first-order valence-corrected chi connectivity index (χ1v) is 4.11. The van der Waals surface area contributed by atoms with Gasteiger partial charge in [0.25, 0.3) is 0 Å². The summed E-state index contributed by atoms with van der Waals surface area (Å²) in [4.78, 5) is 11.1. The van der Waals surface area contributed by atoms with Crippen molar-refractivity contribution in [2.75, 3.05) is 0 Å². The summed E-state index contributed by atoms with van der Waals surface area (Å²) in [7, 11) is 0. The molecular weight excluding hydrogens is 140 g/mol. The van der Waals surface area contributed by atoms with Crippen LogP contribution in [0.4, 0.5) is 0 Å². The average Bonchev–Trinajstić information content (AvgIpc) is 2.33. The van der Waals surface area contributed by atoms with E-state index in [1.165, 1.54) is 0 Å². The monoisotopic (exact) mass is 154 g/mol. The van der Waals surface area contributed by atoms with E-state index in [1.54, 1.807) is 0 Å². The van der Waals surface area contributed by atoms with Crippen LogP contribution in [-0.2, 0) is 9.53 Å². The van der Waals surface area contributed by atoms with Crippen LogP contribution in [0.3, 0.4) is 0 Å². The molecule has 62 valence electrons. The predicted octanol–water partition coefficient (Wildman–Crippen LogP) is 1.90. The number of esters is 1. The van der Waals surface area contributed by atoms with E-state index >= 15 is 0 Å².